The summed E-state index contributed by atoms with van der Waals surface area (Å²) >= 11 is 5.93. The lowest BCUT2D eigenvalue weighted by Gasteiger charge is -2.21. The fourth-order valence-electron chi connectivity index (χ4n) is 2.54. The number of aromatic nitrogens is 2. The van der Waals surface area contributed by atoms with E-state index in [9.17, 15) is 13.2 Å². The Bertz CT molecular complexity index is 1110. The Kier molecular flexibility index (Phi) is 6.19. The number of carbonyl (C=O) groups is 1. The Morgan fingerprint density at radius 2 is 1.93 bits per heavy atom. The third kappa shape index (κ3) is 5.55. The molecule has 0 radical (unpaired) electrons. The molecular weight excluding hydrogens is 416 g/mol. The number of nitrogens with one attached hydrogen (secondary N) is 1. The SMILES string of the molecule is Cc1ccc(-c2noc(CNC(=O)CN(c3cccc(Cl)c3)S(C)(=O)=O)n2)cc1. The number of hydrogen-bond donors (Lipinski definition) is 1. The number of carbonyl (C=O) groups excluding carboxylic acids is 1. The summed E-state index contributed by atoms with van der Waals surface area (Å²) in [6.07, 6.45) is 1.02. The Morgan fingerprint density at radius 3 is 2.59 bits per heavy atom. The zero-order chi connectivity index (χ0) is 21.0. The molecule has 0 saturated heterocycles. The average molecular weight is 435 g/mol. The molecule has 152 valence electrons. The van der Waals surface area contributed by atoms with Gasteiger partial charge in [0.2, 0.25) is 27.6 Å². The zero-order valence-electron chi connectivity index (χ0n) is 15.8. The second-order valence-corrected chi connectivity index (χ2v) is 8.75. The van der Waals surface area contributed by atoms with Crippen LogP contribution in [0.15, 0.2) is 53.1 Å². The summed E-state index contributed by atoms with van der Waals surface area (Å²) in [4.78, 5) is 16.5. The van der Waals surface area contributed by atoms with Gasteiger partial charge in [0.05, 0.1) is 18.5 Å². The van der Waals surface area contributed by atoms with Gasteiger partial charge in [0.1, 0.15) is 6.54 Å². The molecule has 3 rings (SSSR count). The number of rotatable bonds is 7. The summed E-state index contributed by atoms with van der Waals surface area (Å²) in [6, 6.07) is 13.9. The van der Waals surface area contributed by atoms with Gasteiger partial charge in [0, 0.05) is 10.6 Å². The van der Waals surface area contributed by atoms with E-state index in [0.29, 0.717) is 16.5 Å². The van der Waals surface area contributed by atoms with Gasteiger partial charge < -0.3 is 9.84 Å². The number of aryl methyl sites for hydroxylation is 1. The summed E-state index contributed by atoms with van der Waals surface area (Å²) in [5.74, 6) is 0.0963. The molecule has 3 aromatic rings. The summed E-state index contributed by atoms with van der Waals surface area (Å²) < 4.78 is 30.3. The van der Waals surface area contributed by atoms with Crippen LogP contribution in [0.2, 0.25) is 5.02 Å². The van der Waals surface area contributed by atoms with E-state index >= 15 is 0 Å². The molecule has 0 saturated carbocycles. The summed E-state index contributed by atoms with van der Waals surface area (Å²) in [7, 11) is -3.69. The van der Waals surface area contributed by atoms with Gasteiger partial charge in [-0.1, -0.05) is 52.7 Å². The van der Waals surface area contributed by atoms with Crippen LogP contribution >= 0.6 is 11.6 Å². The molecule has 0 aliphatic heterocycles. The predicted molar refractivity (Wildman–Crippen MR) is 110 cm³/mol. The first-order valence-electron chi connectivity index (χ1n) is 8.62. The lowest BCUT2D eigenvalue weighted by Crippen LogP contribution is -2.40. The molecular formula is C19H19ClN4O4S. The summed E-state index contributed by atoms with van der Waals surface area (Å²) in [5.41, 5.74) is 2.20. The average Bonchev–Trinajstić information content (AvgIpc) is 3.13. The monoisotopic (exact) mass is 434 g/mol. The molecule has 0 atom stereocenters. The van der Waals surface area contributed by atoms with Gasteiger partial charge in [-0.15, -0.1) is 0 Å². The zero-order valence-corrected chi connectivity index (χ0v) is 17.4. The molecule has 8 nitrogen and oxygen atoms in total. The highest BCUT2D eigenvalue weighted by molar-refractivity contribution is 7.92. The maximum Gasteiger partial charge on any atom is 0.246 e. The molecule has 0 spiro atoms. The molecule has 1 heterocycles. The van der Waals surface area contributed by atoms with E-state index in [1.54, 1.807) is 18.2 Å². The number of halogens is 1. The molecule has 0 fully saturated rings. The van der Waals surface area contributed by atoms with Gasteiger partial charge in [-0.2, -0.15) is 4.98 Å². The van der Waals surface area contributed by atoms with Crippen LogP contribution in [0.3, 0.4) is 0 Å². The van der Waals surface area contributed by atoms with Crippen molar-refractivity contribution in [1.29, 1.82) is 0 Å². The van der Waals surface area contributed by atoms with Gasteiger partial charge in [-0.25, -0.2) is 8.42 Å². The topological polar surface area (TPSA) is 105 Å². The molecule has 1 aromatic heterocycles. The highest BCUT2D eigenvalue weighted by Gasteiger charge is 2.21. The molecule has 2 aromatic carbocycles. The standard InChI is InChI=1S/C19H19ClN4O4S/c1-13-6-8-14(9-7-13)19-22-18(28-23-19)11-21-17(25)12-24(29(2,26)27)16-5-3-4-15(20)10-16/h3-10H,11-12H2,1-2H3,(H,21,25). The maximum absolute atomic E-state index is 12.3. The lowest BCUT2D eigenvalue weighted by molar-refractivity contribution is -0.119. The number of amides is 1. The van der Waals surface area contributed by atoms with Gasteiger partial charge >= 0.3 is 0 Å². The molecule has 0 aliphatic rings. The van der Waals surface area contributed by atoms with Gasteiger partial charge in [-0.3, -0.25) is 9.10 Å². The molecule has 29 heavy (non-hydrogen) atoms. The maximum atomic E-state index is 12.3. The number of nitrogens with zero attached hydrogens (tertiary/aromatic N) is 3. The van der Waals surface area contributed by atoms with Crippen LogP contribution in [-0.4, -0.2) is 37.3 Å². The minimum Gasteiger partial charge on any atom is -0.345 e. The number of hydrogen-bond acceptors (Lipinski definition) is 6. The number of sulfonamides is 1. The predicted octanol–water partition coefficient (Wildman–Crippen LogP) is 2.78. The van der Waals surface area contributed by atoms with E-state index in [4.69, 9.17) is 16.1 Å². The van der Waals surface area contributed by atoms with Crippen molar-refractivity contribution in [3.8, 4) is 11.4 Å². The normalized spacial score (nSPS) is 11.3. The fourth-order valence-corrected chi connectivity index (χ4v) is 3.57. The van der Waals surface area contributed by atoms with Crippen LogP contribution in [0.1, 0.15) is 11.5 Å². The number of benzene rings is 2. The van der Waals surface area contributed by atoms with Crippen molar-refractivity contribution in [1.82, 2.24) is 15.5 Å². The molecule has 1 amide bonds. The van der Waals surface area contributed by atoms with E-state index in [0.717, 1.165) is 21.7 Å². The summed E-state index contributed by atoms with van der Waals surface area (Å²) in [5, 5.41) is 6.85. The van der Waals surface area contributed by atoms with Crippen molar-refractivity contribution in [2.24, 2.45) is 0 Å². The van der Waals surface area contributed by atoms with Crippen LogP contribution in [0.4, 0.5) is 5.69 Å². The van der Waals surface area contributed by atoms with Crippen molar-refractivity contribution in [2.45, 2.75) is 13.5 Å². The third-order valence-corrected chi connectivity index (χ3v) is 5.37. The highest BCUT2D eigenvalue weighted by Crippen LogP contribution is 2.21. The fraction of sp³-hybridized carbons (Fsp3) is 0.211. The van der Waals surface area contributed by atoms with E-state index in [2.05, 4.69) is 15.5 Å². The van der Waals surface area contributed by atoms with Gasteiger partial charge in [-0.05, 0) is 25.1 Å². The van der Waals surface area contributed by atoms with Crippen molar-refractivity contribution < 1.29 is 17.7 Å². The second kappa shape index (κ2) is 8.62. The lowest BCUT2D eigenvalue weighted by atomic mass is 10.1. The van der Waals surface area contributed by atoms with Crippen LogP contribution in [0.25, 0.3) is 11.4 Å². The van der Waals surface area contributed by atoms with Crippen molar-refractivity contribution in [3.63, 3.8) is 0 Å². The quantitative estimate of drug-likeness (QED) is 0.613. The van der Waals surface area contributed by atoms with Crippen LogP contribution < -0.4 is 9.62 Å². The van der Waals surface area contributed by atoms with Gasteiger partial charge in [0.15, 0.2) is 0 Å². The number of anilines is 1. The van der Waals surface area contributed by atoms with Crippen molar-refractivity contribution in [2.75, 3.05) is 17.1 Å². The minimum absolute atomic E-state index is 0.0230. The largest absolute Gasteiger partial charge is 0.345 e. The summed E-state index contributed by atoms with van der Waals surface area (Å²) in [6.45, 7) is 1.55. The van der Waals surface area contributed by atoms with Crippen LogP contribution in [0.5, 0.6) is 0 Å². The van der Waals surface area contributed by atoms with Crippen LogP contribution in [-0.2, 0) is 21.4 Å². The van der Waals surface area contributed by atoms with Crippen molar-refractivity contribution in [3.05, 3.63) is 65.0 Å². The Labute approximate surface area is 173 Å². The first-order valence-corrected chi connectivity index (χ1v) is 10.8. The van der Waals surface area contributed by atoms with Crippen LogP contribution in [0, 0.1) is 6.92 Å². The Morgan fingerprint density at radius 1 is 1.21 bits per heavy atom. The first-order chi connectivity index (χ1) is 13.7. The Hall–Kier alpha value is -2.91. The van der Waals surface area contributed by atoms with Crippen molar-refractivity contribution >= 4 is 33.2 Å². The molecule has 10 heteroatoms. The highest BCUT2D eigenvalue weighted by atomic mass is 35.5. The van der Waals surface area contributed by atoms with E-state index in [1.807, 2.05) is 31.2 Å². The third-order valence-electron chi connectivity index (χ3n) is 4.00. The van der Waals surface area contributed by atoms with Gasteiger partial charge in [0.25, 0.3) is 0 Å². The first kappa shape index (κ1) is 20.8. The smallest absolute Gasteiger partial charge is 0.246 e. The van der Waals surface area contributed by atoms with E-state index in [1.165, 1.54) is 6.07 Å². The molecule has 0 aliphatic carbocycles. The van der Waals surface area contributed by atoms with E-state index < -0.39 is 22.5 Å². The molecule has 0 unspecified atom stereocenters. The molecule has 1 N–H and O–H groups in total. The Balaban J connectivity index is 1.65. The molecule has 0 bridgehead atoms. The van der Waals surface area contributed by atoms with E-state index in [-0.39, 0.29) is 12.4 Å². The second-order valence-electron chi connectivity index (χ2n) is 6.40. The minimum atomic E-state index is -3.69.